The highest BCUT2D eigenvalue weighted by Gasteiger charge is 2.34. The lowest BCUT2D eigenvalue weighted by molar-refractivity contribution is -0.133. The lowest BCUT2D eigenvalue weighted by Gasteiger charge is -2.37. The molecular formula is C22H25ClN4O2. The lowest BCUT2D eigenvalue weighted by Crippen LogP contribution is -2.53. The molecule has 2 heterocycles. The number of Topliss-reactive ketones (excluding diaryl/α,β-unsaturated/α-hetero) is 1. The van der Waals surface area contributed by atoms with Gasteiger partial charge in [-0.3, -0.25) is 9.59 Å². The van der Waals surface area contributed by atoms with Gasteiger partial charge in [0.1, 0.15) is 6.04 Å². The van der Waals surface area contributed by atoms with Crippen molar-refractivity contribution in [3.8, 4) is 0 Å². The zero-order valence-corrected chi connectivity index (χ0v) is 17.2. The van der Waals surface area contributed by atoms with E-state index in [-0.39, 0.29) is 23.8 Å². The molecule has 2 aliphatic heterocycles. The van der Waals surface area contributed by atoms with Crippen molar-refractivity contribution in [3.63, 3.8) is 0 Å². The summed E-state index contributed by atoms with van der Waals surface area (Å²) in [5.41, 5.74) is 9.17. The first-order valence-electron chi connectivity index (χ1n) is 9.93. The molecular weight excluding hydrogens is 388 g/mol. The van der Waals surface area contributed by atoms with Crippen molar-refractivity contribution in [2.75, 3.05) is 31.1 Å². The summed E-state index contributed by atoms with van der Waals surface area (Å²) in [5.74, 6) is 0.193. The Balaban J connectivity index is 1.32. The van der Waals surface area contributed by atoms with Gasteiger partial charge in [0.15, 0.2) is 5.78 Å². The number of hydrogen-bond acceptors (Lipinski definition) is 5. The number of nitrogens with zero attached hydrogens (tertiary/aromatic N) is 2. The summed E-state index contributed by atoms with van der Waals surface area (Å²) in [5, 5.41) is 0.712. The van der Waals surface area contributed by atoms with Crippen molar-refractivity contribution >= 4 is 29.0 Å². The minimum atomic E-state index is -0.252. The number of piperazine rings is 1. The van der Waals surface area contributed by atoms with E-state index in [1.54, 1.807) is 6.92 Å². The standard InChI is InChI=1S/C22H25ClN4O2/c1-15(28)16-6-8-17(9-7-16)26-10-12-27(13-11-26)22(29)21-14-20(24-25-21)18-4-2-3-5-19(18)23/h2-9,20-21,24-25H,10-14H2,1H3. The predicted molar refractivity (Wildman–Crippen MR) is 114 cm³/mol. The van der Waals surface area contributed by atoms with Crippen LogP contribution in [0.2, 0.25) is 5.02 Å². The normalized spacial score (nSPS) is 22.0. The molecule has 0 aliphatic carbocycles. The number of hydrogen-bond donors (Lipinski definition) is 2. The van der Waals surface area contributed by atoms with E-state index in [0.29, 0.717) is 24.5 Å². The van der Waals surface area contributed by atoms with E-state index in [4.69, 9.17) is 11.6 Å². The molecule has 2 unspecified atom stereocenters. The van der Waals surface area contributed by atoms with Gasteiger partial charge in [0.2, 0.25) is 5.91 Å². The monoisotopic (exact) mass is 412 g/mol. The average Bonchev–Trinajstić information content (AvgIpc) is 3.24. The third-order valence-corrected chi connectivity index (χ3v) is 6.06. The molecule has 0 aromatic heterocycles. The maximum absolute atomic E-state index is 13.0. The van der Waals surface area contributed by atoms with E-state index >= 15 is 0 Å². The molecule has 6 nitrogen and oxygen atoms in total. The Kier molecular flexibility index (Phi) is 5.85. The fraction of sp³-hybridized carbons (Fsp3) is 0.364. The van der Waals surface area contributed by atoms with Crippen LogP contribution in [0.1, 0.15) is 35.3 Å². The Morgan fingerprint density at radius 1 is 0.966 bits per heavy atom. The zero-order chi connectivity index (χ0) is 20.4. The van der Waals surface area contributed by atoms with Crippen molar-refractivity contribution in [3.05, 3.63) is 64.7 Å². The minimum absolute atomic E-state index is 0.0266. The highest BCUT2D eigenvalue weighted by molar-refractivity contribution is 6.31. The molecule has 2 saturated heterocycles. The summed E-state index contributed by atoms with van der Waals surface area (Å²) in [6.07, 6.45) is 0.676. The van der Waals surface area contributed by atoms with Crippen LogP contribution >= 0.6 is 11.6 Å². The number of amides is 1. The van der Waals surface area contributed by atoms with Crippen molar-refractivity contribution < 1.29 is 9.59 Å². The largest absolute Gasteiger partial charge is 0.368 e. The Hall–Kier alpha value is -2.41. The number of ketones is 1. The molecule has 7 heteroatoms. The molecule has 152 valence electrons. The van der Waals surface area contributed by atoms with Gasteiger partial charge in [-0.15, -0.1) is 0 Å². The number of anilines is 1. The SMILES string of the molecule is CC(=O)c1ccc(N2CCN(C(=O)C3CC(c4ccccc4Cl)NN3)CC2)cc1. The van der Waals surface area contributed by atoms with Crippen LogP contribution in [0.4, 0.5) is 5.69 Å². The van der Waals surface area contributed by atoms with Gasteiger partial charge in [0.25, 0.3) is 0 Å². The minimum Gasteiger partial charge on any atom is -0.368 e. The van der Waals surface area contributed by atoms with Crippen LogP contribution in [-0.2, 0) is 4.79 Å². The number of carbonyl (C=O) groups excluding carboxylic acids is 2. The van der Waals surface area contributed by atoms with Crippen LogP contribution < -0.4 is 15.8 Å². The first kappa shape index (κ1) is 19.9. The molecule has 29 heavy (non-hydrogen) atoms. The van der Waals surface area contributed by atoms with Gasteiger partial charge >= 0.3 is 0 Å². The molecule has 0 radical (unpaired) electrons. The van der Waals surface area contributed by atoms with Crippen LogP contribution in [0.15, 0.2) is 48.5 Å². The van der Waals surface area contributed by atoms with Crippen molar-refractivity contribution in [1.82, 2.24) is 15.8 Å². The quantitative estimate of drug-likeness (QED) is 0.756. The molecule has 2 aromatic carbocycles. The van der Waals surface area contributed by atoms with E-state index in [1.807, 2.05) is 53.4 Å². The number of nitrogens with one attached hydrogen (secondary N) is 2. The zero-order valence-electron chi connectivity index (χ0n) is 16.4. The number of benzene rings is 2. The second-order valence-corrected chi connectivity index (χ2v) is 7.97. The summed E-state index contributed by atoms with van der Waals surface area (Å²) < 4.78 is 0. The molecule has 2 aromatic rings. The van der Waals surface area contributed by atoms with Gasteiger partial charge in [-0.25, -0.2) is 10.9 Å². The van der Waals surface area contributed by atoms with Gasteiger partial charge in [-0.05, 0) is 49.2 Å². The average molecular weight is 413 g/mol. The molecule has 0 bridgehead atoms. The van der Waals surface area contributed by atoms with Gasteiger partial charge in [0.05, 0.1) is 0 Å². The van der Waals surface area contributed by atoms with E-state index in [1.165, 1.54) is 0 Å². The van der Waals surface area contributed by atoms with Crippen LogP contribution in [0, 0.1) is 0 Å². The van der Waals surface area contributed by atoms with Crippen molar-refractivity contribution in [2.24, 2.45) is 0 Å². The third-order valence-electron chi connectivity index (χ3n) is 5.71. The molecule has 2 N–H and O–H groups in total. The van der Waals surface area contributed by atoms with Gasteiger partial charge in [-0.2, -0.15) is 0 Å². The third kappa shape index (κ3) is 4.29. The molecule has 0 saturated carbocycles. The van der Waals surface area contributed by atoms with Crippen LogP contribution in [-0.4, -0.2) is 48.8 Å². The highest BCUT2D eigenvalue weighted by Crippen LogP contribution is 2.29. The molecule has 1 amide bonds. The fourth-order valence-electron chi connectivity index (χ4n) is 3.99. The first-order valence-corrected chi connectivity index (χ1v) is 10.3. The lowest BCUT2D eigenvalue weighted by atomic mass is 10.0. The number of halogens is 1. The smallest absolute Gasteiger partial charge is 0.241 e. The topological polar surface area (TPSA) is 64.7 Å². The van der Waals surface area contributed by atoms with Crippen molar-refractivity contribution in [1.29, 1.82) is 0 Å². The summed E-state index contributed by atoms with van der Waals surface area (Å²) in [6.45, 7) is 4.49. The molecule has 0 spiro atoms. The number of rotatable bonds is 4. The van der Waals surface area contributed by atoms with Crippen LogP contribution in [0.5, 0.6) is 0 Å². The van der Waals surface area contributed by atoms with Gasteiger partial charge in [0, 0.05) is 48.5 Å². The molecule has 2 fully saturated rings. The Bertz CT molecular complexity index is 894. The second kappa shape index (κ2) is 8.53. The first-order chi connectivity index (χ1) is 14.0. The second-order valence-electron chi connectivity index (χ2n) is 7.57. The Morgan fingerprint density at radius 3 is 2.31 bits per heavy atom. The number of hydrazine groups is 1. The van der Waals surface area contributed by atoms with E-state index in [0.717, 1.165) is 29.9 Å². The molecule has 2 atom stereocenters. The molecule has 2 aliphatic rings. The van der Waals surface area contributed by atoms with Crippen LogP contribution in [0.25, 0.3) is 0 Å². The van der Waals surface area contributed by atoms with Crippen molar-refractivity contribution in [2.45, 2.75) is 25.4 Å². The van der Waals surface area contributed by atoms with Crippen LogP contribution in [0.3, 0.4) is 0 Å². The summed E-state index contributed by atoms with van der Waals surface area (Å²) in [4.78, 5) is 28.6. The van der Waals surface area contributed by atoms with Gasteiger partial charge in [-0.1, -0.05) is 29.8 Å². The fourth-order valence-corrected chi connectivity index (χ4v) is 4.26. The summed E-state index contributed by atoms with van der Waals surface area (Å²) >= 11 is 6.29. The summed E-state index contributed by atoms with van der Waals surface area (Å²) in [7, 11) is 0. The summed E-state index contributed by atoms with van der Waals surface area (Å²) in [6, 6.07) is 15.2. The predicted octanol–water partition coefficient (Wildman–Crippen LogP) is 2.80. The maximum atomic E-state index is 13.0. The Labute approximate surface area is 175 Å². The Morgan fingerprint density at radius 2 is 1.66 bits per heavy atom. The van der Waals surface area contributed by atoms with E-state index < -0.39 is 0 Å². The maximum Gasteiger partial charge on any atom is 0.241 e. The highest BCUT2D eigenvalue weighted by atomic mass is 35.5. The van der Waals surface area contributed by atoms with E-state index in [9.17, 15) is 9.59 Å². The molecule has 4 rings (SSSR count). The number of carbonyl (C=O) groups is 2. The van der Waals surface area contributed by atoms with E-state index in [2.05, 4.69) is 15.8 Å². The van der Waals surface area contributed by atoms with Gasteiger partial charge < -0.3 is 9.80 Å².